The molecule has 1 N–H and O–H groups in total. The van der Waals surface area contributed by atoms with Crippen molar-refractivity contribution in [2.45, 2.75) is 6.54 Å². The molecule has 0 aliphatic rings. The van der Waals surface area contributed by atoms with Crippen molar-refractivity contribution < 1.29 is 13.9 Å². The van der Waals surface area contributed by atoms with Gasteiger partial charge in [-0.25, -0.2) is 4.39 Å². The fourth-order valence-corrected chi connectivity index (χ4v) is 2.31. The Morgan fingerprint density at radius 1 is 1.05 bits per heavy atom. The van der Waals surface area contributed by atoms with Crippen LogP contribution in [0.5, 0.6) is 11.5 Å². The molecule has 2 aromatic carbocycles. The Balaban J connectivity index is 2.16. The minimum absolute atomic E-state index is 0.0923. The van der Waals surface area contributed by atoms with Gasteiger partial charge in [0.25, 0.3) is 0 Å². The molecule has 0 saturated heterocycles. The minimum Gasteiger partial charge on any atom is -0.493 e. The molecule has 0 unspecified atom stereocenters. The van der Waals surface area contributed by atoms with Crippen LogP contribution >= 0.6 is 23.2 Å². The Hall–Kier alpha value is -1.65. The number of hydrogen-bond donors (Lipinski definition) is 1. The van der Waals surface area contributed by atoms with Gasteiger partial charge in [0.05, 0.1) is 24.3 Å². The lowest BCUT2D eigenvalue weighted by Gasteiger charge is -2.13. The highest BCUT2D eigenvalue weighted by Gasteiger charge is 2.11. The van der Waals surface area contributed by atoms with Crippen molar-refractivity contribution in [2.75, 3.05) is 19.5 Å². The molecule has 3 nitrogen and oxygen atoms in total. The van der Waals surface area contributed by atoms with Crippen molar-refractivity contribution in [1.82, 2.24) is 0 Å². The standard InChI is InChI=1S/C15H14Cl2FNO2/c1-20-14-6-9(5-12(17)15(14)21-2)8-19-10-3-4-11(16)13(18)7-10/h3-7,19H,8H2,1-2H3. The van der Waals surface area contributed by atoms with Gasteiger partial charge in [0, 0.05) is 12.2 Å². The minimum atomic E-state index is -0.466. The maximum atomic E-state index is 13.4. The van der Waals surface area contributed by atoms with Gasteiger partial charge in [-0.05, 0) is 35.9 Å². The second kappa shape index (κ2) is 6.87. The number of hydrogen-bond acceptors (Lipinski definition) is 3. The van der Waals surface area contributed by atoms with Crippen LogP contribution < -0.4 is 14.8 Å². The molecule has 21 heavy (non-hydrogen) atoms. The Morgan fingerprint density at radius 3 is 2.43 bits per heavy atom. The quantitative estimate of drug-likeness (QED) is 0.857. The number of ether oxygens (including phenoxy) is 2. The molecule has 0 amide bonds. The van der Waals surface area contributed by atoms with Crippen LogP contribution in [0.4, 0.5) is 10.1 Å². The summed E-state index contributed by atoms with van der Waals surface area (Å²) in [5.74, 6) is 0.566. The zero-order valence-electron chi connectivity index (χ0n) is 11.5. The van der Waals surface area contributed by atoms with Gasteiger partial charge in [-0.2, -0.15) is 0 Å². The first-order valence-corrected chi connectivity index (χ1v) is 6.90. The van der Waals surface area contributed by atoms with E-state index in [0.717, 1.165) is 5.56 Å². The smallest absolute Gasteiger partial charge is 0.179 e. The topological polar surface area (TPSA) is 30.5 Å². The van der Waals surface area contributed by atoms with E-state index in [0.29, 0.717) is 28.8 Å². The predicted octanol–water partition coefficient (Wildman–Crippen LogP) is 4.76. The summed E-state index contributed by atoms with van der Waals surface area (Å²) in [6, 6.07) is 8.12. The van der Waals surface area contributed by atoms with Gasteiger partial charge in [0.15, 0.2) is 11.5 Å². The summed E-state index contributed by atoms with van der Waals surface area (Å²) in [4.78, 5) is 0. The molecule has 0 spiro atoms. The molecular weight excluding hydrogens is 316 g/mol. The molecule has 0 bridgehead atoms. The first-order chi connectivity index (χ1) is 10.0. The van der Waals surface area contributed by atoms with E-state index in [-0.39, 0.29) is 5.02 Å². The largest absolute Gasteiger partial charge is 0.493 e. The number of benzene rings is 2. The molecule has 0 fully saturated rings. The first kappa shape index (κ1) is 15.7. The Kier molecular flexibility index (Phi) is 5.15. The summed E-state index contributed by atoms with van der Waals surface area (Å²) >= 11 is 11.8. The van der Waals surface area contributed by atoms with Crippen LogP contribution in [0.15, 0.2) is 30.3 Å². The van der Waals surface area contributed by atoms with E-state index in [1.807, 2.05) is 6.07 Å². The van der Waals surface area contributed by atoms with E-state index in [4.69, 9.17) is 32.7 Å². The maximum Gasteiger partial charge on any atom is 0.179 e. The molecule has 0 radical (unpaired) electrons. The number of nitrogens with one attached hydrogen (secondary N) is 1. The van der Waals surface area contributed by atoms with Crippen LogP contribution in [-0.2, 0) is 6.54 Å². The zero-order chi connectivity index (χ0) is 15.4. The fourth-order valence-electron chi connectivity index (χ4n) is 1.88. The Bertz CT molecular complexity index is 650. The van der Waals surface area contributed by atoms with Gasteiger partial charge >= 0.3 is 0 Å². The third-order valence-electron chi connectivity index (χ3n) is 2.91. The summed E-state index contributed by atoms with van der Waals surface area (Å²) in [6.07, 6.45) is 0. The molecule has 2 aromatic rings. The summed E-state index contributed by atoms with van der Waals surface area (Å²) in [7, 11) is 3.07. The predicted molar refractivity (Wildman–Crippen MR) is 83.3 cm³/mol. The molecule has 6 heteroatoms. The molecule has 0 saturated carbocycles. The van der Waals surface area contributed by atoms with Gasteiger partial charge < -0.3 is 14.8 Å². The number of methoxy groups -OCH3 is 2. The van der Waals surface area contributed by atoms with E-state index >= 15 is 0 Å². The van der Waals surface area contributed by atoms with E-state index in [9.17, 15) is 4.39 Å². The normalized spacial score (nSPS) is 10.3. The molecule has 0 atom stereocenters. The Labute approximate surface area is 132 Å². The molecule has 0 aliphatic carbocycles. The van der Waals surface area contributed by atoms with Crippen molar-refractivity contribution in [1.29, 1.82) is 0 Å². The summed E-state index contributed by atoms with van der Waals surface area (Å²) in [5, 5.41) is 3.64. The average Bonchev–Trinajstić information content (AvgIpc) is 2.47. The van der Waals surface area contributed by atoms with Crippen molar-refractivity contribution in [2.24, 2.45) is 0 Å². The molecule has 0 aliphatic heterocycles. The van der Waals surface area contributed by atoms with Gasteiger partial charge in [0.2, 0.25) is 0 Å². The monoisotopic (exact) mass is 329 g/mol. The highest BCUT2D eigenvalue weighted by Crippen LogP contribution is 2.36. The third-order valence-corrected chi connectivity index (χ3v) is 3.50. The molecule has 0 heterocycles. The third kappa shape index (κ3) is 3.71. The second-order valence-corrected chi connectivity index (χ2v) is 5.11. The van der Waals surface area contributed by atoms with Crippen LogP contribution in [0.1, 0.15) is 5.56 Å². The lowest BCUT2D eigenvalue weighted by atomic mass is 10.2. The molecule has 2 rings (SSSR count). The van der Waals surface area contributed by atoms with Crippen molar-refractivity contribution in [3.05, 3.63) is 51.8 Å². The lowest BCUT2D eigenvalue weighted by molar-refractivity contribution is 0.355. The number of anilines is 1. The van der Waals surface area contributed by atoms with Crippen LogP contribution in [0.2, 0.25) is 10.0 Å². The van der Waals surface area contributed by atoms with Gasteiger partial charge in [-0.15, -0.1) is 0 Å². The van der Waals surface area contributed by atoms with Crippen LogP contribution in [-0.4, -0.2) is 14.2 Å². The van der Waals surface area contributed by atoms with Crippen molar-refractivity contribution in [3.63, 3.8) is 0 Å². The van der Waals surface area contributed by atoms with E-state index < -0.39 is 5.82 Å². The molecule has 0 aromatic heterocycles. The average molecular weight is 330 g/mol. The lowest BCUT2D eigenvalue weighted by Crippen LogP contribution is -2.01. The molecular formula is C15H14Cl2FNO2. The van der Waals surface area contributed by atoms with E-state index in [1.54, 1.807) is 19.2 Å². The second-order valence-electron chi connectivity index (χ2n) is 4.30. The van der Waals surface area contributed by atoms with E-state index in [1.165, 1.54) is 19.2 Å². The van der Waals surface area contributed by atoms with Crippen molar-refractivity contribution in [3.8, 4) is 11.5 Å². The highest BCUT2D eigenvalue weighted by atomic mass is 35.5. The SMILES string of the molecule is COc1cc(CNc2ccc(Cl)c(F)c2)cc(Cl)c1OC. The van der Waals surface area contributed by atoms with Crippen LogP contribution in [0, 0.1) is 5.82 Å². The Morgan fingerprint density at radius 2 is 1.81 bits per heavy atom. The number of halogens is 3. The summed E-state index contributed by atoms with van der Waals surface area (Å²) < 4.78 is 23.8. The first-order valence-electron chi connectivity index (χ1n) is 6.14. The molecule has 112 valence electrons. The fraction of sp³-hybridized carbons (Fsp3) is 0.200. The summed E-state index contributed by atoms with van der Waals surface area (Å²) in [6.45, 7) is 0.459. The van der Waals surface area contributed by atoms with Gasteiger partial charge in [0.1, 0.15) is 5.82 Å². The summed E-state index contributed by atoms with van der Waals surface area (Å²) in [5.41, 5.74) is 1.51. The van der Waals surface area contributed by atoms with Crippen molar-refractivity contribution >= 4 is 28.9 Å². The zero-order valence-corrected chi connectivity index (χ0v) is 13.1. The highest BCUT2D eigenvalue weighted by molar-refractivity contribution is 6.32. The number of rotatable bonds is 5. The maximum absolute atomic E-state index is 13.4. The van der Waals surface area contributed by atoms with Gasteiger partial charge in [-0.1, -0.05) is 23.2 Å². The van der Waals surface area contributed by atoms with E-state index in [2.05, 4.69) is 5.32 Å². The van der Waals surface area contributed by atoms with Crippen LogP contribution in [0.25, 0.3) is 0 Å². The van der Waals surface area contributed by atoms with Gasteiger partial charge in [-0.3, -0.25) is 0 Å². The van der Waals surface area contributed by atoms with Crippen LogP contribution in [0.3, 0.4) is 0 Å².